The van der Waals surface area contributed by atoms with Crippen molar-refractivity contribution in [3.05, 3.63) is 10.5 Å². The molecule has 142 valence electrons. The van der Waals surface area contributed by atoms with Crippen LogP contribution in [-0.2, 0) is 21.2 Å². The lowest BCUT2D eigenvalue weighted by Crippen LogP contribution is -2.42. The molecule has 1 aromatic rings. The average Bonchev–Trinajstić information content (AvgIpc) is 3.09. The highest BCUT2D eigenvalue weighted by atomic mass is 32.2. The lowest BCUT2D eigenvalue weighted by molar-refractivity contribution is -0.130. The normalized spacial score (nSPS) is 19.2. The Morgan fingerprint density at radius 3 is 2.76 bits per heavy atom. The molecule has 0 spiro atoms. The van der Waals surface area contributed by atoms with Crippen LogP contribution in [0.3, 0.4) is 0 Å². The first-order chi connectivity index (χ1) is 11.9. The van der Waals surface area contributed by atoms with Crippen LogP contribution in [0.1, 0.15) is 39.5 Å². The molecular weight excluding hydrogens is 364 g/mol. The topological polar surface area (TPSA) is 105 Å². The highest BCUT2D eigenvalue weighted by Gasteiger charge is 2.34. The SMILES string of the molecule is CCCCN(C(=O)CSc1n[nH]c(=O)n1CCC)[C@H]1CCS(=O)(=O)C1. The maximum atomic E-state index is 12.7. The molecule has 25 heavy (non-hydrogen) atoms. The van der Waals surface area contributed by atoms with Gasteiger partial charge < -0.3 is 4.90 Å². The molecule has 1 amide bonds. The van der Waals surface area contributed by atoms with Gasteiger partial charge in [0, 0.05) is 19.1 Å². The number of unbranched alkanes of at least 4 members (excludes halogenated alkanes) is 1. The van der Waals surface area contributed by atoms with Crippen molar-refractivity contribution in [1.82, 2.24) is 19.7 Å². The standard InChI is InChI=1S/C15H26N4O4S2/c1-3-5-8-18(12-6-9-25(22,23)11-12)13(20)10-24-15-17-16-14(21)19(15)7-4-2/h12H,3-11H2,1-2H3,(H,16,21)/t12-/m0/s1. The first-order valence-electron chi connectivity index (χ1n) is 8.65. The van der Waals surface area contributed by atoms with Crippen LogP contribution in [0.4, 0.5) is 0 Å². The number of sulfone groups is 1. The van der Waals surface area contributed by atoms with E-state index in [2.05, 4.69) is 10.2 Å². The van der Waals surface area contributed by atoms with Crippen LogP contribution in [0.5, 0.6) is 0 Å². The number of hydrogen-bond donors (Lipinski definition) is 1. The largest absolute Gasteiger partial charge is 0.343 e. The number of hydrogen-bond acceptors (Lipinski definition) is 6. The second kappa shape index (κ2) is 8.88. The Labute approximate surface area is 152 Å². The number of rotatable bonds is 9. The van der Waals surface area contributed by atoms with Crippen molar-refractivity contribution in [3.8, 4) is 0 Å². The van der Waals surface area contributed by atoms with E-state index in [1.165, 1.54) is 16.3 Å². The van der Waals surface area contributed by atoms with Crippen molar-refractivity contribution >= 4 is 27.5 Å². The second-order valence-electron chi connectivity index (χ2n) is 6.25. The molecule has 1 aliphatic heterocycles. The van der Waals surface area contributed by atoms with E-state index in [-0.39, 0.29) is 34.9 Å². The third kappa shape index (κ3) is 5.34. The molecule has 0 bridgehead atoms. The Morgan fingerprint density at radius 1 is 1.40 bits per heavy atom. The van der Waals surface area contributed by atoms with E-state index in [1.54, 1.807) is 4.90 Å². The number of thioether (sulfide) groups is 1. The van der Waals surface area contributed by atoms with Crippen molar-refractivity contribution in [2.45, 2.75) is 57.3 Å². The first kappa shape index (κ1) is 20.0. The lowest BCUT2D eigenvalue weighted by atomic mass is 10.2. The Balaban J connectivity index is 2.03. The third-order valence-corrected chi connectivity index (χ3v) is 6.93. The predicted octanol–water partition coefficient (Wildman–Crippen LogP) is 0.889. The van der Waals surface area contributed by atoms with Crippen molar-refractivity contribution in [2.24, 2.45) is 0 Å². The fourth-order valence-corrected chi connectivity index (χ4v) is 5.49. The smallest absolute Gasteiger partial charge is 0.338 e. The minimum Gasteiger partial charge on any atom is -0.338 e. The Bertz CT molecular complexity index is 741. The van der Waals surface area contributed by atoms with Crippen molar-refractivity contribution in [3.63, 3.8) is 0 Å². The lowest BCUT2D eigenvalue weighted by Gasteiger charge is -2.28. The zero-order valence-corrected chi connectivity index (χ0v) is 16.4. The molecule has 1 N–H and O–H groups in total. The summed E-state index contributed by atoms with van der Waals surface area (Å²) in [6, 6.07) is -0.235. The third-order valence-electron chi connectivity index (χ3n) is 4.22. The van der Waals surface area contributed by atoms with Crippen LogP contribution >= 0.6 is 11.8 Å². The molecule has 0 unspecified atom stereocenters. The van der Waals surface area contributed by atoms with Gasteiger partial charge in [-0.15, -0.1) is 5.10 Å². The zero-order valence-electron chi connectivity index (χ0n) is 14.7. The van der Waals surface area contributed by atoms with E-state index in [4.69, 9.17) is 0 Å². The van der Waals surface area contributed by atoms with Gasteiger partial charge in [-0.05, 0) is 19.3 Å². The van der Waals surface area contributed by atoms with Crippen molar-refractivity contribution in [2.75, 3.05) is 23.8 Å². The molecular formula is C15H26N4O4S2. The molecule has 0 aromatic carbocycles. The van der Waals surface area contributed by atoms with Gasteiger partial charge in [0.2, 0.25) is 5.91 Å². The summed E-state index contributed by atoms with van der Waals surface area (Å²) in [7, 11) is -3.04. The summed E-state index contributed by atoms with van der Waals surface area (Å²) in [5.74, 6) is 0.250. The van der Waals surface area contributed by atoms with Crippen molar-refractivity contribution in [1.29, 1.82) is 0 Å². The van der Waals surface area contributed by atoms with E-state index < -0.39 is 9.84 Å². The summed E-state index contributed by atoms with van der Waals surface area (Å²) in [6.45, 7) is 5.12. The number of aromatic nitrogens is 3. The number of nitrogens with zero attached hydrogens (tertiary/aromatic N) is 3. The zero-order chi connectivity index (χ0) is 18.4. The molecule has 0 radical (unpaired) electrons. The molecule has 0 aliphatic carbocycles. The van der Waals surface area contributed by atoms with Crippen LogP contribution in [0, 0.1) is 0 Å². The average molecular weight is 391 g/mol. The van der Waals surface area contributed by atoms with E-state index in [1.807, 2.05) is 13.8 Å². The molecule has 2 heterocycles. The summed E-state index contributed by atoms with van der Waals surface area (Å²) in [6.07, 6.45) is 3.08. The molecule has 10 heteroatoms. The van der Waals surface area contributed by atoms with E-state index >= 15 is 0 Å². The Kier molecular flexibility index (Phi) is 7.12. The van der Waals surface area contributed by atoms with Gasteiger partial charge in [-0.25, -0.2) is 18.3 Å². The minimum absolute atomic E-state index is 0.0517. The number of amides is 1. The number of H-pyrrole nitrogens is 1. The van der Waals surface area contributed by atoms with Crippen molar-refractivity contribution < 1.29 is 13.2 Å². The number of carbonyl (C=O) groups is 1. The number of aromatic amines is 1. The minimum atomic E-state index is -3.04. The molecule has 8 nitrogen and oxygen atoms in total. The molecule has 1 aromatic heterocycles. The maximum Gasteiger partial charge on any atom is 0.343 e. The molecule has 1 saturated heterocycles. The Morgan fingerprint density at radius 2 is 2.16 bits per heavy atom. The number of carbonyl (C=O) groups excluding carboxylic acids is 1. The fraction of sp³-hybridized carbons (Fsp3) is 0.800. The van der Waals surface area contributed by atoms with Crippen LogP contribution in [0.2, 0.25) is 0 Å². The van der Waals surface area contributed by atoms with E-state index in [9.17, 15) is 18.0 Å². The summed E-state index contributed by atoms with van der Waals surface area (Å²) in [4.78, 5) is 26.1. The summed E-state index contributed by atoms with van der Waals surface area (Å²) in [5.41, 5.74) is -0.276. The van der Waals surface area contributed by atoms with Gasteiger partial charge in [0.25, 0.3) is 0 Å². The van der Waals surface area contributed by atoms with Gasteiger partial charge in [-0.3, -0.25) is 9.36 Å². The van der Waals surface area contributed by atoms with Gasteiger partial charge in [0.15, 0.2) is 15.0 Å². The quantitative estimate of drug-likeness (QED) is 0.628. The van der Waals surface area contributed by atoms with Crippen LogP contribution in [0.15, 0.2) is 9.95 Å². The van der Waals surface area contributed by atoms with Crippen LogP contribution in [0.25, 0.3) is 0 Å². The predicted molar refractivity (Wildman–Crippen MR) is 97.5 cm³/mol. The summed E-state index contributed by atoms with van der Waals surface area (Å²) in [5, 5.41) is 6.87. The van der Waals surface area contributed by atoms with Crippen LogP contribution in [-0.4, -0.2) is 63.8 Å². The van der Waals surface area contributed by atoms with Crippen LogP contribution < -0.4 is 5.69 Å². The highest BCUT2D eigenvalue weighted by Crippen LogP contribution is 2.21. The fourth-order valence-electron chi connectivity index (χ4n) is 2.90. The molecule has 2 rings (SSSR count). The Hall–Kier alpha value is -1.29. The highest BCUT2D eigenvalue weighted by molar-refractivity contribution is 7.99. The first-order valence-corrected chi connectivity index (χ1v) is 11.5. The van der Waals surface area contributed by atoms with Gasteiger partial charge in [-0.2, -0.15) is 0 Å². The van der Waals surface area contributed by atoms with Gasteiger partial charge in [0.1, 0.15) is 0 Å². The van der Waals surface area contributed by atoms with Gasteiger partial charge in [0.05, 0.1) is 17.3 Å². The van der Waals surface area contributed by atoms with Gasteiger partial charge >= 0.3 is 5.69 Å². The molecule has 1 atom stereocenters. The summed E-state index contributed by atoms with van der Waals surface area (Å²) < 4.78 is 25.0. The maximum absolute atomic E-state index is 12.7. The molecule has 1 fully saturated rings. The summed E-state index contributed by atoms with van der Waals surface area (Å²) >= 11 is 1.22. The van der Waals surface area contributed by atoms with Gasteiger partial charge in [-0.1, -0.05) is 32.0 Å². The monoisotopic (exact) mass is 390 g/mol. The van der Waals surface area contributed by atoms with E-state index in [0.717, 1.165) is 19.3 Å². The second-order valence-corrected chi connectivity index (χ2v) is 9.42. The molecule has 1 aliphatic rings. The van der Waals surface area contributed by atoms with E-state index in [0.29, 0.717) is 24.7 Å². The molecule has 0 saturated carbocycles. The number of nitrogens with one attached hydrogen (secondary N) is 1.